The standard InChI is InChI=1S/C18H22N8O.CH2O2/c1-13-19-18-16(12-15-6-4-3-5-7-15)24(10-11-26(18)21-13)17(27)8-9-25-14(2)20-22-23-25;2-1-3/h3-7,16H,8-12H2,1-2H3;1H,(H,2,3)/t16-;/m0./s1. The SMILES string of the molecule is Cc1nc2n(n1)CCN(C(=O)CCn1nnnc1C)[C@H]2Cc1ccccc1.O=CO. The fraction of sp³-hybridized carbons (Fsp3) is 0.421. The van der Waals surface area contributed by atoms with E-state index in [2.05, 4.69) is 37.7 Å². The van der Waals surface area contributed by atoms with Gasteiger partial charge in [0.2, 0.25) is 5.91 Å². The first-order valence-electron chi connectivity index (χ1n) is 9.58. The molecule has 3 heterocycles. The number of nitrogens with zero attached hydrogens (tertiary/aromatic N) is 8. The van der Waals surface area contributed by atoms with Crippen molar-refractivity contribution in [1.29, 1.82) is 0 Å². The van der Waals surface area contributed by atoms with Gasteiger partial charge in [-0.1, -0.05) is 30.3 Å². The third-order valence-corrected chi connectivity index (χ3v) is 4.87. The molecule has 0 spiro atoms. The molecule has 11 nitrogen and oxygen atoms in total. The lowest BCUT2D eigenvalue weighted by molar-refractivity contribution is -0.135. The molecule has 158 valence electrons. The molecule has 3 aromatic rings. The first-order chi connectivity index (χ1) is 14.5. The van der Waals surface area contributed by atoms with E-state index in [0.717, 1.165) is 11.6 Å². The second-order valence-corrected chi connectivity index (χ2v) is 6.84. The number of hydrogen-bond acceptors (Lipinski definition) is 7. The van der Waals surface area contributed by atoms with Crippen molar-refractivity contribution in [1.82, 2.24) is 39.9 Å². The molecule has 1 aliphatic rings. The van der Waals surface area contributed by atoms with E-state index in [1.54, 1.807) is 4.68 Å². The van der Waals surface area contributed by atoms with Gasteiger partial charge in [-0.3, -0.25) is 9.59 Å². The Morgan fingerprint density at radius 3 is 2.63 bits per heavy atom. The zero-order valence-corrected chi connectivity index (χ0v) is 16.9. The van der Waals surface area contributed by atoms with Crippen LogP contribution in [0.15, 0.2) is 30.3 Å². The number of rotatable bonds is 5. The van der Waals surface area contributed by atoms with Gasteiger partial charge in [-0.05, 0) is 29.8 Å². The van der Waals surface area contributed by atoms with Crippen molar-refractivity contribution in [2.45, 2.75) is 45.8 Å². The fourth-order valence-corrected chi connectivity index (χ4v) is 3.52. The van der Waals surface area contributed by atoms with Crippen molar-refractivity contribution in [2.24, 2.45) is 0 Å². The number of fused-ring (bicyclic) bond motifs is 1. The molecular weight excluding hydrogens is 388 g/mol. The van der Waals surface area contributed by atoms with Crippen molar-refractivity contribution in [3.63, 3.8) is 0 Å². The number of carboxylic acid groups (broad SMARTS) is 1. The lowest BCUT2D eigenvalue weighted by Crippen LogP contribution is -2.43. The number of benzene rings is 1. The molecule has 0 saturated carbocycles. The highest BCUT2D eigenvalue weighted by molar-refractivity contribution is 5.76. The molecule has 0 unspecified atom stereocenters. The third-order valence-electron chi connectivity index (χ3n) is 4.87. The van der Waals surface area contributed by atoms with Crippen LogP contribution in [0.3, 0.4) is 0 Å². The normalized spacial score (nSPS) is 15.1. The number of amides is 1. The second-order valence-electron chi connectivity index (χ2n) is 6.84. The lowest BCUT2D eigenvalue weighted by atomic mass is 10.0. The minimum atomic E-state index is -0.250. The highest BCUT2D eigenvalue weighted by Gasteiger charge is 2.33. The van der Waals surface area contributed by atoms with Gasteiger partial charge < -0.3 is 10.0 Å². The summed E-state index contributed by atoms with van der Waals surface area (Å²) in [6, 6.07) is 10.1. The van der Waals surface area contributed by atoms with E-state index in [9.17, 15) is 4.79 Å². The summed E-state index contributed by atoms with van der Waals surface area (Å²) in [4.78, 5) is 27.9. The molecule has 30 heavy (non-hydrogen) atoms. The minimum Gasteiger partial charge on any atom is -0.483 e. The average Bonchev–Trinajstić information content (AvgIpc) is 3.32. The van der Waals surface area contributed by atoms with Crippen molar-refractivity contribution in [2.75, 3.05) is 6.54 Å². The molecule has 1 amide bonds. The van der Waals surface area contributed by atoms with Gasteiger partial charge in [-0.15, -0.1) is 5.10 Å². The number of hydrogen-bond donors (Lipinski definition) is 1. The van der Waals surface area contributed by atoms with E-state index in [1.165, 1.54) is 5.56 Å². The Hall–Kier alpha value is -3.63. The Balaban J connectivity index is 0.000000806. The van der Waals surface area contributed by atoms with Crippen molar-refractivity contribution < 1.29 is 14.7 Å². The molecule has 1 atom stereocenters. The monoisotopic (exact) mass is 412 g/mol. The van der Waals surface area contributed by atoms with Crippen LogP contribution in [0.25, 0.3) is 0 Å². The van der Waals surface area contributed by atoms with Crippen LogP contribution < -0.4 is 0 Å². The average molecular weight is 412 g/mol. The number of aryl methyl sites for hydroxylation is 3. The molecule has 1 aliphatic heterocycles. The van der Waals surface area contributed by atoms with Crippen LogP contribution in [0.1, 0.15) is 35.5 Å². The van der Waals surface area contributed by atoms with Crippen molar-refractivity contribution in [3.05, 3.63) is 53.4 Å². The Labute approximate surface area is 173 Å². The summed E-state index contributed by atoms with van der Waals surface area (Å²) < 4.78 is 3.58. The molecule has 0 fully saturated rings. The second kappa shape index (κ2) is 9.72. The highest BCUT2D eigenvalue weighted by Crippen LogP contribution is 2.28. The van der Waals surface area contributed by atoms with Gasteiger partial charge in [0.1, 0.15) is 17.5 Å². The largest absolute Gasteiger partial charge is 0.483 e. The van der Waals surface area contributed by atoms with Crippen LogP contribution in [0.5, 0.6) is 0 Å². The van der Waals surface area contributed by atoms with E-state index in [4.69, 9.17) is 9.90 Å². The first-order valence-corrected chi connectivity index (χ1v) is 9.58. The van der Waals surface area contributed by atoms with Gasteiger partial charge in [0.25, 0.3) is 6.47 Å². The summed E-state index contributed by atoms with van der Waals surface area (Å²) in [5, 5.41) is 22.8. The summed E-state index contributed by atoms with van der Waals surface area (Å²) >= 11 is 0. The van der Waals surface area contributed by atoms with Gasteiger partial charge in [0, 0.05) is 19.4 Å². The van der Waals surface area contributed by atoms with Gasteiger partial charge in [0.15, 0.2) is 0 Å². The van der Waals surface area contributed by atoms with Crippen LogP contribution in [-0.2, 0) is 29.1 Å². The maximum atomic E-state index is 13.0. The van der Waals surface area contributed by atoms with Gasteiger partial charge in [-0.25, -0.2) is 14.3 Å². The lowest BCUT2D eigenvalue weighted by Gasteiger charge is -2.35. The quantitative estimate of drug-likeness (QED) is 0.609. The molecule has 1 aromatic carbocycles. The highest BCUT2D eigenvalue weighted by atomic mass is 16.3. The van der Waals surface area contributed by atoms with E-state index in [0.29, 0.717) is 38.3 Å². The fourth-order valence-electron chi connectivity index (χ4n) is 3.52. The molecule has 0 bridgehead atoms. The Morgan fingerprint density at radius 2 is 1.97 bits per heavy atom. The van der Waals surface area contributed by atoms with Gasteiger partial charge >= 0.3 is 0 Å². The van der Waals surface area contributed by atoms with Gasteiger partial charge in [-0.2, -0.15) is 5.10 Å². The van der Waals surface area contributed by atoms with Crippen molar-refractivity contribution >= 4 is 12.4 Å². The van der Waals surface area contributed by atoms with E-state index >= 15 is 0 Å². The zero-order valence-electron chi connectivity index (χ0n) is 16.9. The van der Waals surface area contributed by atoms with Crippen molar-refractivity contribution in [3.8, 4) is 0 Å². The number of aromatic nitrogens is 7. The third kappa shape index (κ3) is 4.85. The number of carbonyl (C=O) groups is 2. The maximum absolute atomic E-state index is 13.0. The zero-order chi connectivity index (χ0) is 21.5. The summed E-state index contributed by atoms with van der Waals surface area (Å²) in [5.74, 6) is 2.38. The molecule has 2 aromatic heterocycles. The molecule has 0 aliphatic carbocycles. The number of carbonyl (C=O) groups excluding carboxylic acids is 1. The smallest absolute Gasteiger partial charge is 0.290 e. The summed E-state index contributed by atoms with van der Waals surface area (Å²) in [6.45, 7) is 5.22. The topological polar surface area (TPSA) is 132 Å². The summed E-state index contributed by atoms with van der Waals surface area (Å²) in [6.07, 6.45) is 1.07. The predicted molar refractivity (Wildman–Crippen MR) is 105 cm³/mol. The minimum absolute atomic E-state index is 0.0812. The first kappa shape index (κ1) is 21.1. The summed E-state index contributed by atoms with van der Waals surface area (Å²) in [5.41, 5.74) is 1.17. The molecule has 4 rings (SSSR count). The summed E-state index contributed by atoms with van der Waals surface area (Å²) in [7, 11) is 0. The molecule has 0 radical (unpaired) electrons. The van der Waals surface area contributed by atoms with E-state index < -0.39 is 0 Å². The van der Waals surface area contributed by atoms with Gasteiger partial charge in [0.05, 0.1) is 19.1 Å². The number of tetrazole rings is 1. The Morgan fingerprint density at radius 1 is 1.23 bits per heavy atom. The molecule has 1 N–H and O–H groups in total. The molecule has 0 saturated heterocycles. The van der Waals surface area contributed by atoms with E-state index in [-0.39, 0.29) is 18.4 Å². The predicted octanol–water partition coefficient (Wildman–Crippen LogP) is 0.799. The van der Waals surface area contributed by atoms with E-state index in [1.807, 2.05) is 41.6 Å². The van der Waals surface area contributed by atoms with Crippen LogP contribution in [0.4, 0.5) is 0 Å². The van der Waals surface area contributed by atoms with Crippen LogP contribution in [-0.4, -0.2) is 63.9 Å². The van der Waals surface area contributed by atoms with Crippen LogP contribution in [0, 0.1) is 13.8 Å². The van der Waals surface area contributed by atoms with Crippen LogP contribution >= 0.6 is 0 Å². The van der Waals surface area contributed by atoms with Crippen LogP contribution in [0.2, 0.25) is 0 Å². The molecular formula is C19H24N8O3. The molecule has 11 heteroatoms. The Kier molecular flexibility index (Phi) is 6.83. The maximum Gasteiger partial charge on any atom is 0.290 e. The Bertz CT molecular complexity index is 985.